The zero-order valence-electron chi connectivity index (χ0n) is 19.3. The van der Waals surface area contributed by atoms with E-state index in [2.05, 4.69) is 10.6 Å². The van der Waals surface area contributed by atoms with Gasteiger partial charge in [-0.2, -0.15) is 13.2 Å². The number of nitrogens with one attached hydrogen (secondary N) is 2. The number of halogens is 5. The molecule has 36 heavy (non-hydrogen) atoms. The molecule has 3 amide bonds. The Labute approximate surface area is 210 Å². The van der Waals surface area contributed by atoms with Gasteiger partial charge in [0.15, 0.2) is 6.61 Å². The van der Waals surface area contributed by atoms with E-state index in [1.54, 1.807) is 0 Å². The summed E-state index contributed by atoms with van der Waals surface area (Å²) in [6, 6.07) is 2.20. The van der Waals surface area contributed by atoms with Crippen LogP contribution in [0.1, 0.15) is 38.5 Å². The molecule has 2 fully saturated rings. The molecule has 1 aromatic rings. The van der Waals surface area contributed by atoms with Gasteiger partial charge in [-0.3, -0.25) is 14.5 Å². The molecule has 0 spiro atoms. The average Bonchev–Trinajstić information content (AvgIpc) is 2.83. The molecule has 1 aliphatic heterocycles. The fraction of sp³-hybridized carbons (Fsp3) is 0.609. The molecule has 1 heterocycles. The van der Waals surface area contributed by atoms with E-state index in [0.717, 1.165) is 11.0 Å². The van der Waals surface area contributed by atoms with Crippen LogP contribution in [0.5, 0.6) is 5.75 Å². The van der Waals surface area contributed by atoms with Gasteiger partial charge in [0.1, 0.15) is 17.6 Å². The number of carboxylic acid groups (broad SMARTS) is 1. The Balaban J connectivity index is 1.44. The zero-order valence-corrected chi connectivity index (χ0v) is 20.1. The van der Waals surface area contributed by atoms with Crippen molar-refractivity contribution < 1.29 is 41.8 Å². The minimum Gasteiger partial charge on any atom is -0.484 e. The number of hydrogen-bond donors (Lipinski definition) is 3. The molecule has 1 saturated carbocycles. The molecular formula is C23H28ClF4N3O5. The Morgan fingerprint density at radius 2 is 1.81 bits per heavy atom. The summed E-state index contributed by atoms with van der Waals surface area (Å²) in [6.07, 6.45) is -4.31. The Hall–Kier alpha value is -2.76. The van der Waals surface area contributed by atoms with Crippen molar-refractivity contribution in [2.75, 3.05) is 19.7 Å². The van der Waals surface area contributed by atoms with Crippen molar-refractivity contribution in [1.82, 2.24) is 15.5 Å². The largest absolute Gasteiger partial charge is 0.484 e. The average molecular weight is 538 g/mol. The van der Waals surface area contributed by atoms with Crippen molar-refractivity contribution >= 4 is 29.5 Å². The lowest BCUT2D eigenvalue weighted by Gasteiger charge is -2.37. The molecule has 0 aromatic heterocycles. The third-order valence-corrected chi connectivity index (χ3v) is 6.94. The highest BCUT2D eigenvalue weighted by molar-refractivity contribution is 6.30. The van der Waals surface area contributed by atoms with E-state index < -0.39 is 54.5 Å². The van der Waals surface area contributed by atoms with Gasteiger partial charge in [-0.1, -0.05) is 11.6 Å². The number of carbonyl (C=O) groups is 3. The van der Waals surface area contributed by atoms with Crippen molar-refractivity contribution in [2.45, 2.75) is 56.8 Å². The SMILES string of the molecule is O=C(COc1ccc(Cl)c(F)c1)N[C@H]1CC[C@H](C(=O)NC[C@H]2CC[C@@H](C(F)(F)F)CC2)N(C(=O)O)C1. The van der Waals surface area contributed by atoms with Crippen molar-refractivity contribution in [2.24, 2.45) is 11.8 Å². The van der Waals surface area contributed by atoms with Crippen LogP contribution in [0.25, 0.3) is 0 Å². The van der Waals surface area contributed by atoms with E-state index in [9.17, 15) is 37.1 Å². The molecule has 8 nitrogen and oxygen atoms in total. The fourth-order valence-electron chi connectivity index (χ4n) is 4.61. The quantitative estimate of drug-likeness (QED) is 0.456. The summed E-state index contributed by atoms with van der Waals surface area (Å²) in [4.78, 5) is 37.6. The van der Waals surface area contributed by atoms with E-state index in [1.165, 1.54) is 12.1 Å². The van der Waals surface area contributed by atoms with Crippen LogP contribution in [0.4, 0.5) is 22.4 Å². The number of nitrogens with zero attached hydrogens (tertiary/aromatic N) is 1. The van der Waals surface area contributed by atoms with Gasteiger partial charge >= 0.3 is 12.3 Å². The van der Waals surface area contributed by atoms with E-state index in [-0.39, 0.29) is 49.0 Å². The van der Waals surface area contributed by atoms with Gasteiger partial charge in [-0.25, -0.2) is 9.18 Å². The standard InChI is InChI=1S/C23H28ClF4N3O5/c24-17-7-6-16(9-18(17)25)36-12-20(32)30-15-5-8-19(31(11-15)22(34)35)21(33)29-10-13-1-3-14(4-2-13)23(26,27)28/h6-7,9,13-15,19H,1-5,8,10-12H2,(H,29,33)(H,30,32)(H,34,35)/t13-,14+,15-,19+/m0/s1. The first-order valence-corrected chi connectivity index (χ1v) is 12.0. The van der Waals surface area contributed by atoms with Gasteiger partial charge in [0.05, 0.1) is 10.9 Å². The monoisotopic (exact) mass is 537 g/mol. The summed E-state index contributed by atoms with van der Waals surface area (Å²) in [6.45, 7) is -0.354. The smallest absolute Gasteiger partial charge is 0.408 e. The van der Waals surface area contributed by atoms with Gasteiger partial charge < -0.3 is 20.5 Å². The molecular weight excluding hydrogens is 510 g/mol. The fourth-order valence-corrected chi connectivity index (χ4v) is 4.73. The minimum absolute atomic E-state index is 0.0206. The first-order chi connectivity index (χ1) is 16.9. The summed E-state index contributed by atoms with van der Waals surface area (Å²) in [5.41, 5.74) is 0. The molecule has 0 radical (unpaired) electrons. The van der Waals surface area contributed by atoms with Crippen LogP contribution in [-0.4, -0.2) is 65.9 Å². The minimum atomic E-state index is -4.20. The lowest BCUT2D eigenvalue weighted by molar-refractivity contribution is -0.183. The Bertz CT molecular complexity index is 956. The predicted molar refractivity (Wildman–Crippen MR) is 121 cm³/mol. The molecule has 13 heteroatoms. The zero-order chi connectivity index (χ0) is 26.5. The van der Waals surface area contributed by atoms with Crippen molar-refractivity contribution in [1.29, 1.82) is 0 Å². The molecule has 3 rings (SSSR count). The first kappa shape index (κ1) is 27.8. The van der Waals surface area contributed by atoms with Crippen molar-refractivity contribution in [3.05, 3.63) is 29.0 Å². The van der Waals surface area contributed by atoms with Crippen LogP contribution in [0, 0.1) is 17.7 Å². The maximum absolute atomic E-state index is 13.5. The second kappa shape index (κ2) is 12.0. The predicted octanol–water partition coefficient (Wildman–Crippen LogP) is 3.97. The van der Waals surface area contributed by atoms with E-state index >= 15 is 0 Å². The van der Waals surface area contributed by atoms with Crippen molar-refractivity contribution in [3.8, 4) is 5.75 Å². The van der Waals surface area contributed by atoms with E-state index in [0.29, 0.717) is 19.3 Å². The number of amides is 3. The molecule has 2 atom stereocenters. The highest BCUT2D eigenvalue weighted by atomic mass is 35.5. The van der Waals surface area contributed by atoms with Gasteiger partial charge in [0.25, 0.3) is 5.91 Å². The maximum atomic E-state index is 13.5. The number of rotatable bonds is 7. The Kier molecular flexibility index (Phi) is 9.26. The summed E-state index contributed by atoms with van der Waals surface area (Å²) in [7, 11) is 0. The molecule has 0 unspecified atom stereocenters. The van der Waals surface area contributed by atoms with Gasteiger partial charge in [0, 0.05) is 25.2 Å². The first-order valence-electron chi connectivity index (χ1n) is 11.6. The number of likely N-dealkylation sites (tertiary alicyclic amines) is 1. The lowest BCUT2D eigenvalue weighted by atomic mass is 9.81. The highest BCUT2D eigenvalue weighted by Crippen LogP contribution is 2.39. The molecule has 1 aliphatic carbocycles. The Morgan fingerprint density at radius 3 is 2.42 bits per heavy atom. The highest BCUT2D eigenvalue weighted by Gasteiger charge is 2.42. The molecule has 200 valence electrons. The van der Waals surface area contributed by atoms with E-state index in [1.807, 2.05) is 0 Å². The van der Waals surface area contributed by atoms with Gasteiger partial charge in [0.2, 0.25) is 5.91 Å². The second-order valence-electron chi connectivity index (χ2n) is 9.16. The van der Waals surface area contributed by atoms with Crippen molar-refractivity contribution in [3.63, 3.8) is 0 Å². The van der Waals surface area contributed by atoms with Crippen LogP contribution in [-0.2, 0) is 9.59 Å². The molecule has 0 bridgehead atoms. The maximum Gasteiger partial charge on any atom is 0.408 e. The Morgan fingerprint density at radius 1 is 1.11 bits per heavy atom. The van der Waals surface area contributed by atoms with Crippen LogP contribution in [0.2, 0.25) is 5.02 Å². The molecule has 3 N–H and O–H groups in total. The molecule has 1 saturated heterocycles. The number of alkyl halides is 3. The normalized spacial score (nSPS) is 24.6. The third-order valence-electron chi connectivity index (χ3n) is 6.63. The molecule has 2 aliphatic rings. The number of ether oxygens (including phenoxy) is 1. The lowest BCUT2D eigenvalue weighted by Crippen LogP contribution is -2.58. The van der Waals surface area contributed by atoms with Crippen LogP contribution < -0.4 is 15.4 Å². The van der Waals surface area contributed by atoms with Crippen LogP contribution in [0.3, 0.4) is 0 Å². The number of piperidine rings is 1. The number of carbonyl (C=O) groups excluding carboxylic acids is 2. The van der Waals surface area contributed by atoms with Gasteiger partial charge in [-0.05, 0) is 56.6 Å². The van der Waals surface area contributed by atoms with E-state index in [4.69, 9.17) is 16.3 Å². The summed E-state index contributed by atoms with van der Waals surface area (Å²) in [5, 5.41) is 14.8. The molecule has 1 aromatic carbocycles. The van der Waals surface area contributed by atoms with Crippen LogP contribution in [0.15, 0.2) is 18.2 Å². The van der Waals surface area contributed by atoms with Gasteiger partial charge in [-0.15, -0.1) is 0 Å². The summed E-state index contributed by atoms with van der Waals surface area (Å²) >= 11 is 5.60. The third kappa shape index (κ3) is 7.62. The number of benzene rings is 1. The summed E-state index contributed by atoms with van der Waals surface area (Å²) in [5.74, 6) is -3.04. The van der Waals surface area contributed by atoms with Crippen LogP contribution >= 0.6 is 11.6 Å². The second-order valence-corrected chi connectivity index (χ2v) is 9.57. The topological polar surface area (TPSA) is 108 Å². The summed E-state index contributed by atoms with van der Waals surface area (Å²) < 4.78 is 57.2. The number of hydrogen-bond acceptors (Lipinski definition) is 4.